The van der Waals surface area contributed by atoms with E-state index in [1.807, 2.05) is 36.4 Å². The van der Waals surface area contributed by atoms with E-state index >= 15 is 0 Å². The van der Waals surface area contributed by atoms with Crippen molar-refractivity contribution in [1.82, 2.24) is 10.2 Å². The summed E-state index contributed by atoms with van der Waals surface area (Å²) in [4.78, 5) is 26.8. The number of carbonyl (C=O) groups excluding carboxylic acids is 2. The fourth-order valence-electron chi connectivity index (χ4n) is 3.30. The summed E-state index contributed by atoms with van der Waals surface area (Å²) in [6.07, 6.45) is 4.03. The quantitative estimate of drug-likeness (QED) is 0.486. The van der Waals surface area contributed by atoms with Crippen LogP contribution in [-0.4, -0.2) is 29.3 Å². The van der Waals surface area contributed by atoms with Crippen molar-refractivity contribution in [3.8, 4) is 6.07 Å². The van der Waals surface area contributed by atoms with Crippen molar-refractivity contribution in [2.75, 3.05) is 11.9 Å². The smallest absolute Gasteiger partial charge is 0.251 e. The summed E-state index contributed by atoms with van der Waals surface area (Å²) in [7, 11) is 0. The maximum atomic E-state index is 12.4. The molecule has 2 amide bonds. The van der Waals surface area contributed by atoms with Gasteiger partial charge in [0.1, 0.15) is 16.8 Å². The van der Waals surface area contributed by atoms with Crippen LogP contribution in [0.25, 0.3) is 0 Å². The fourth-order valence-corrected chi connectivity index (χ4v) is 4.05. The lowest BCUT2D eigenvalue weighted by Gasteiger charge is -2.21. The highest BCUT2D eigenvalue weighted by Crippen LogP contribution is 2.22. The topological polar surface area (TPSA) is 98.4 Å². The Balaban J connectivity index is 1.36. The number of amides is 2. The minimum absolute atomic E-state index is 0.0338. The molecule has 4 rings (SSSR count). The van der Waals surface area contributed by atoms with Crippen LogP contribution in [-0.2, 0) is 17.9 Å². The second-order valence-electron chi connectivity index (χ2n) is 7.81. The van der Waals surface area contributed by atoms with Gasteiger partial charge in [0.15, 0.2) is 0 Å². The SMILES string of the molecule is N#Cc1ccsc1NC(=O)CCN(Cc1ccc(C(=O)NC2CC2)cc1)Cc1ccco1. The predicted octanol–water partition coefficient (Wildman–Crippen LogP) is 4.14. The lowest BCUT2D eigenvalue weighted by molar-refractivity contribution is -0.116. The van der Waals surface area contributed by atoms with E-state index in [0.717, 1.165) is 24.2 Å². The van der Waals surface area contributed by atoms with Crippen molar-refractivity contribution in [2.45, 2.75) is 38.4 Å². The highest BCUT2D eigenvalue weighted by Gasteiger charge is 2.23. The first-order chi connectivity index (χ1) is 15.6. The zero-order chi connectivity index (χ0) is 22.3. The summed E-state index contributed by atoms with van der Waals surface area (Å²) >= 11 is 1.34. The molecule has 1 fully saturated rings. The van der Waals surface area contributed by atoms with Crippen LogP contribution < -0.4 is 10.6 Å². The maximum Gasteiger partial charge on any atom is 0.251 e. The summed E-state index contributed by atoms with van der Waals surface area (Å²) in [6, 6.07) is 15.4. The Labute approximate surface area is 190 Å². The van der Waals surface area contributed by atoms with Crippen molar-refractivity contribution in [3.63, 3.8) is 0 Å². The molecule has 3 aromatic rings. The Hall–Kier alpha value is -3.41. The van der Waals surface area contributed by atoms with Crippen LogP contribution in [0.4, 0.5) is 5.00 Å². The number of rotatable bonds is 10. The van der Waals surface area contributed by atoms with Gasteiger partial charge in [-0.05, 0) is 54.1 Å². The molecular weight excluding hydrogens is 424 g/mol. The number of nitrogens with zero attached hydrogens (tertiary/aromatic N) is 2. The molecule has 0 spiro atoms. The van der Waals surface area contributed by atoms with Gasteiger partial charge in [-0.2, -0.15) is 5.26 Å². The molecule has 2 N–H and O–H groups in total. The number of benzene rings is 1. The number of anilines is 1. The van der Waals surface area contributed by atoms with Gasteiger partial charge in [0.2, 0.25) is 5.91 Å². The molecule has 2 aromatic heterocycles. The monoisotopic (exact) mass is 448 g/mol. The van der Waals surface area contributed by atoms with Gasteiger partial charge in [-0.3, -0.25) is 14.5 Å². The van der Waals surface area contributed by atoms with Crippen LogP contribution in [0.2, 0.25) is 0 Å². The average molecular weight is 449 g/mol. The maximum absolute atomic E-state index is 12.4. The summed E-state index contributed by atoms with van der Waals surface area (Å²) in [5, 5.41) is 17.3. The van der Waals surface area contributed by atoms with Crippen LogP contribution in [0.1, 0.15) is 46.5 Å². The van der Waals surface area contributed by atoms with Crippen molar-refractivity contribution in [3.05, 3.63) is 76.6 Å². The molecule has 1 aliphatic carbocycles. The predicted molar refractivity (Wildman–Crippen MR) is 122 cm³/mol. The van der Waals surface area contributed by atoms with Gasteiger partial charge in [0.05, 0.1) is 18.4 Å². The molecule has 1 aliphatic rings. The minimum atomic E-state index is -0.138. The molecule has 0 aliphatic heterocycles. The summed E-state index contributed by atoms with van der Waals surface area (Å²) in [6.45, 7) is 1.69. The molecule has 32 heavy (non-hydrogen) atoms. The number of thiophene rings is 1. The van der Waals surface area contributed by atoms with Crippen molar-refractivity contribution >= 4 is 28.2 Å². The zero-order valence-electron chi connectivity index (χ0n) is 17.5. The molecule has 8 heteroatoms. The van der Waals surface area contributed by atoms with Crippen molar-refractivity contribution < 1.29 is 14.0 Å². The Morgan fingerprint density at radius 3 is 2.66 bits per heavy atom. The highest BCUT2D eigenvalue weighted by atomic mass is 32.1. The second-order valence-corrected chi connectivity index (χ2v) is 8.72. The molecule has 0 unspecified atom stereocenters. The number of carbonyl (C=O) groups is 2. The molecular formula is C24H24N4O3S. The van der Waals surface area contributed by atoms with E-state index in [2.05, 4.69) is 21.6 Å². The highest BCUT2D eigenvalue weighted by molar-refractivity contribution is 7.14. The standard InChI is InChI=1S/C24H24N4O3S/c25-14-19-10-13-32-24(19)27-22(29)9-11-28(16-21-2-1-12-31-21)15-17-3-5-18(6-4-17)23(30)26-20-7-8-20/h1-6,10,12-13,20H,7-9,11,15-16H2,(H,26,30)(H,27,29). The van der Waals surface area contributed by atoms with Crippen LogP contribution in [0, 0.1) is 11.3 Å². The first-order valence-electron chi connectivity index (χ1n) is 10.5. The van der Waals surface area contributed by atoms with Gasteiger partial charge in [0.25, 0.3) is 5.91 Å². The van der Waals surface area contributed by atoms with Crippen molar-refractivity contribution in [2.24, 2.45) is 0 Å². The van der Waals surface area contributed by atoms with Gasteiger partial charge in [-0.15, -0.1) is 11.3 Å². The molecule has 1 aromatic carbocycles. The van der Waals surface area contributed by atoms with Crippen LogP contribution in [0.15, 0.2) is 58.5 Å². The number of hydrogen-bond acceptors (Lipinski definition) is 6. The van der Waals surface area contributed by atoms with Crippen LogP contribution >= 0.6 is 11.3 Å². The normalized spacial score (nSPS) is 13.0. The van der Waals surface area contributed by atoms with Gasteiger partial charge >= 0.3 is 0 Å². The van der Waals surface area contributed by atoms with Crippen molar-refractivity contribution in [1.29, 1.82) is 5.26 Å². The fraction of sp³-hybridized carbons (Fsp3) is 0.292. The zero-order valence-corrected chi connectivity index (χ0v) is 18.4. The summed E-state index contributed by atoms with van der Waals surface area (Å²) in [5.41, 5.74) is 2.17. The molecule has 2 heterocycles. The number of furan rings is 1. The van der Waals surface area contributed by atoms with E-state index < -0.39 is 0 Å². The Bertz CT molecular complexity index is 1100. The number of nitriles is 1. The summed E-state index contributed by atoms with van der Waals surface area (Å²) in [5.74, 6) is 0.643. The lowest BCUT2D eigenvalue weighted by Crippen LogP contribution is -2.27. The second kappa shape index (κ2) is 10.3. The van der Waals surface area contributed by atoms with E-state index in [0.29, 0.717) is 41.8 Å². The van der Waals surface area contributed by atoms with E-state index in [4.69, 9.17) is 9.68 Å². The lowest BCUT2D eigenvalue weighted by atomic mass is 10.1. The number of nitrogens with one attached hydrogen (secondary N) is 2. The largest absolute Gasteiger partial charge is 0.468 e. The molecule has 7 nitrogen and oxygen atoms in total. The van der Waals surface area contributed by atoms with Crippen LogP contribution in [0.5, 0.6) is 0 Å². The summed E-state index contributed by atoms with van der Waals surface area (Å²) < 4.78 is 5.49. The first kappa shape index (κ1) is 21.8. The van der Waals surface area contributed by atoms with E-state index in [1.165, 1.54) is 11.3 Å². The third kappa shape index (κ3) is 6.06. The minimum Gasteiger partial charge on any atom is -0.468 e. The third-order valence-corrected chi connectivity index (χ3v) is 6.02. The Kier molecular flexibility index (Phi) is 7.00. The average Bonchev–Trinajstić information content (AvgIpc) is 3.25. The van der Waals surface area contributed by atoms with Crippen LogP contribution in [0.3, 0.4) is 0 Å². The molecule has 1 saturated carbocycles. The third-order valence-electron chi connectivity index (χ3n) is 5.19. The molecule has 0 atom stereocenters. The molecule has 164 valence electrons. The van der Waals surface area contributed by atoms with E-state index in [-0.39, 0.29) is 18.2 Å². The van der Waals surface area contributed by atoms with Gasteiger partial charge in [0, 0.05) is 31.1 Å². The molecule has 0 radical (unpaired) electrons. The molecule has 0 saturated heterocycles. The van der Waals surface area contributed by atoms with Gasteiger partial charge in [-0.1, -0.05) is 12.1 Å². The number of hydrogen-bond donors (Lipinski definition) is 2. The van der Waals surface area contributed by atoms with Gasteiger partial charge in [-0.25, -0.2) is 0 Å². The Morgan fingerprint density at radius 1 is 1.16 bits per heavy atom. The first-order valence-corrected chi connectivity index (χ1v) is 11.4. The molecule has 0 bridgehead atoms. The Morgan fingerprint density at radius 2 is 1.97 bits per heavy atom. The van der Waals surface area contributed by atoms with E-state index in [1.54, 1.807) is 17.7 Å². The van der Waals surface area contributed by atoms with E-state index in [9.17, 15) is 9.59 Å². The van der Waals surface area contributed by atoms with Gasteiger partial charge < -0.3 is 15.1 Å².